The quantitative estimate of drug-likeness (QED) is 0.837. The zero-order valence-corrected chi connectivity index (χ0v) is 13.8. The van der Waals surface area contributed by atoms with Gasteiger partial charge < -0.3 is 9.47 Å². The number of rotatable bonds is 5. The van der Waals surface area contributed by atoms with Gasteiger partial charge in [0.25, 0.3) is 0 Å². The van der Waals surface area contributed by atoms with Gasteiger partial charge >= 0.3 is 0 Å². The maximum absolute atomic E-state index is 12.4. The molecule has 0 bridgehead atoms. The van der Waals surface area contributed by atoms with Gasteiger partial charge in [-0.05, 0) is 43.0 Å². The molecule has 2 heterocycles. The predicted molar refractivity (Wildman–Crippen MR) is 88.7 cm³/mol. The number of carbonyl (C=O) groups is 1. The van der Waals surface area contributed by atoms with Gasteiger partial charge in [-0.15, -0.1) is 0 Å². The van der Waals surface area contributed by atoms with Crippen LogP contribution < -0.4 is 4.74 Å². The number of amides is 1. The normalized spacial score (nSPS) is 23.9. The highest BCUT2D eigenvalue weighted by Crippen LogP contribution is 2.31. The van der Waals surface area contributed by atoms with Crippen molar-refractivity contribution in [2.45, 2.75) is 31.7 Å². The highest BCUT2D eigenvalue weighted by atomic mass is 16.5. The van der Waals surface area contributed by atoms with Crippen molar-refractivity contribution in [2.24, 2.45) is 0 Å². The molecule has 0 radical (unpaired) electrons. The minimum Gasteiger partial charge on any atom is -0.497 e. The lowest BCUT2D eigenvalue weighted by Gasteiger charge is -2.33. The Balaban J connectivity index is 1.82. The Kier molecular flexibility index (Phi) is 4.98. The van der Waals surface area contributed by atoms with E-state index in [1.54, 1.807) is 14.2 Å². The molecule has 1 atom stereocenters. The number of hydrogen-bond donors (Lipinski definition) is 0. The summed E-state index contributed by atoms with van der Waals surface area (Å²) in [5.41, 5.74) is 2.16. The SMILES string of the molecule is COCC1CCCN1N1C(=O)CC/C1=C\c1ccc(OC)cc1. The minimum atomic E-state index is 0.188. The van der Waals surface area contributed by atoms with E-state index < -0.39 is 0 Å². The first kappa shape index (κ1) is 16.0. The summed E-state index contributed by atoms with van der Waals surface area (Å²) in [6.07, 6.45) is 5.66. The molecule has 3 rings (SSSR count). The predicted octanol–water partition coefficient (Wildman–Crippen LogP) is 2.68. The smallest absolute Gasteiger partial charge is 0.241 e. The van der Waals surface area contributed by atoms with Gasteiger partial charge in [0.1, 0.15) is 5.75 Å². The Bertz CT molecular complexity index is 582. The molecular weight excluding hydrogens is 292 g/mol. The second-order valence-electron chi connectivity index (χ2n) is 6.03. The van der Waals surface area contributed by atoms with Crippen LogP contribution in [0.15, 0.2) is 30.0 Å². The van der Waals surface area contributed by atoms with E-state index in [1.807, 2.05) is 29.3 Å². The molecule has 2 saturated heterocycles. The second kappa shape index (κ2) is 7.15. The zero-order chi connectivity index (χ0) is 16.2. The van der Waals surface area contributed by atoms with Crippen LogP contribution in [0, 0.1) is 0 Å². The van der Waals surface area contributed by atoms with Gasteiger partial charge in [-0.1, -0.05) is 12.1 Å². The molecule has 5 nitrogen and oxygen atoms in total. The Morgan fingerprint density at radius 2 is 2.00 bits per heavy atom. The number of nitrogens with zero attached hydrogens (tertiary/aromatic N) is 2. The summed E-state index contributed by atoms with van der Waals surface area (Å²) in [5, 5.41) is 4.08. The van der Waals surface area contributed by atoms with Crippen LogP contribution in [0.3, 0.4) is 0 Å². The van der Waals surface area contributed by atoms with Gasteiger partial charge in [-0.25, -0.2) is 10.0 Å². The third-order valence-electron chi connectivity index (χ3n) is 4.51. The van der Waals surface area contributed by atoms with Gasteiger partial charge in [0.05, 0.1) is 19.8 Å². The fourth-order valence-corrected chi connectivity index (χ4v) is 3.39. The molecule has 1 aromatic carbocycles. The van der Waals surface area contributed by atoms with Gasteiger partial charge in [-0.2, -0.15) is 0 Å². The Morgan fingerprint density at radius 3 is 2.70 bits per heavy atom. The summed E-state index contributed by atoms with van der Waals surface area (Å²) >= 11 is 0. The molecule has 1 aromatic rings. The lowest BCUT2D eigenvalue weighted by molar-refractivity contribution is -0.142. The van der Waals surface area contributed by atoms with Crippen molar-refractivity contribution in [2.75, 3.05) is 27.4 Å². The summed E-state index contributed by atoms with van der Waals surface area (Å²) in [4.78, 5) is 12.4. The second-order valence-corrected chi connectivity index (χ2v) is 6.03. The van der Waals surface area contributed by atoms with Crippen molar-refractivity contribution in [1.82, 2.24) is 10.0 Å². The highest BCUT2D eigenvalue weighted by Gasteiger charge is 2.37. The summed E-state index contributed by atoms with van der Waals surface area (Å²) in [6.45, 7) is 1.58. The van der Waals surface area contributed by atoms with E-state index in [4.69, 9.17) is 9.47 Å². The molecule has 0 spiro atoms. The summed E-state index contributed by atoms with van der Waals surface area (Å²) < 4.78 is 10.5. The molecule has 0 saturated carbocycles. The molecule has 2 aliphatic heterocycles. The van der Waals surface area contributed by atoms with Crippen molar-refractivity contribution in [1.29, 1.82) is 0 Å². The van der Waals surface area contributed by atoms with Crippen molar-refractivity contribution < 1.29 is 14.3 Å². The third-order valence-corrected chi connectivity index (χ3v) is 4.51. The molecule has 0 aliphatic carbocycles. The van der Waals surface area contributed by atoms with Gasteiger partial charge in [0.2, 0.25) is 5.91 Å². The molecule has 1 amide bonds. The number of allylic oxidation sites excluding steroid dienone is 1. The van der Waals surface area contributed by atoms with E-state index in [0.717, 1.165) is 42.8 Å². The Hall–Kier alpha value is -1.85. The monoisotopic (exact) mass is 316 g/mol. The Labute approximate surface area is 137 Å². The van der Waals surface area contributed by atoms with Crippen LogP contribution in [0.5, 0.6) is 5.75 Å². The zero-order valence-electron chi connectivity index (χ0n) is 13.8. The number of hydrogen-bond acceptors (Lipinski definition) is 4. The third kappa shape index (κ3) is 3.41. The molecule has 5 heteroatoms. The van der Waals surface area contributed by atoms with Crippen LogP contribution in [0.25, 0.3) is 6.08 Å². The molecule has 2 aliphatic rings. The van der Waals surface area contributed by atoms with Crippen molar-refractivity contribution >= 4 is 12.0 Å². The average Bonchev–Trinajstić information content (AvgIpc) is 3.15. The number of hydrazine groups is 1. The van der Waals surface area contributed by atoms with Crippen LogP contribution in [-0.4, -0.2) is 49.3 Å². The molecule has 0 N–H and O–H groups in total. The van der Waals surface area contributed by atoms with Crippen molar-refractivity contribution in [3.05, 3.63) is 35.5 Å². The van der Waals surface area contributed by atoms with Crippen LogP contribution >= 0.6 is 0 Å². The van der Waals surface area contributed by atoms with Gasteiger partial charge in [0, 0.05) is 25.8 Å². The molecule has 2 fully saturated rings. The molecule has 0 aromatic heterocycles. The fraction of sp³-hybridized carbons (Fsp3) is 0.500. The number of ether oxygens (including phenoxy) is 2. The topological polar surface area (TPSA) is 42.0 Å². The lowest BCUT2D eigenvalue weighted by Crippen LogP contribution is -2.46. The number of methoxy groups -OCH3 is 2. The number of benzene rings is 1. The summed E-state index contributed by atoms with van der Waals surface area (Å²) in [5.74, 6) is 1.03. The molecule has 1 unspecified atom stereocenters. The van der Waals surface area contributed by atoms with E-state index in [0.29, 0.717) is 19.1 Å². The first-order valence-electron chi connectivity index (χ1n) is 8.16. The lowest BCUT2D eigenvalue weighted by atomic mass is 10.1. The molecule has 23 heavy (non-hydrogen) atoms. The van der Waals surface area contributed by atoms with Crippen LogP contribution in [0.4, 0.5) is 0 Å². The summed E-state index contributed by atoms with van der Waals surface area (Å²) in [7, 11) is 3.38. The number of carbonyl (C=O) groups excluding carboxylic acids is 1. The van der Waals surface area contributed by atoms with Crippen LogP contribution in [0.2, 0.25) is 0 Å². The van der Waals surface area contributed by atoms with E-state index >= 15 is 0 Å². The fourth-order valence-electron chi connectivity index (χ4n) is 3.39. The van der Waals surface area contributed by atoms with Gasteiger partial charge in [0.15, 0.2) is 0 Å². The van der Waals surface area contributed by atoms with Crippen molar-refractivity contribution in [3.63, 3.8) is 0 Å². The van der Waals surface area contributed by atoms with Gasteiger partial charge in [-0.3, -0.25) is 4.79 Å². The maximum Gasteiger partial charge on any atom is 0.241 e. The first-order valence-corrected chi connectivity index (χ1v) is 8.16. The Morgan fingerprint density at radius 1 is 1.22 bits per heavy atom. The van der Waals surface area contributed by atoms with Crippen LogP contribution in [0.1, 0.15) is 31.2 Å². The average molecular weight is 316 g/mol. The van der Waals surface area contributed by atoms with E-state index in [1.165, 1.54) is 0 Å². The van der Waals surface area contributed by atoms with E-state index in [9.17, 15) is 4.79 Å². The van der Waals surface area contributed by atoms with E-state index in [2.05, 4.69) is 11.1 Å². The largest absolute Gasteiger partial charge is 0.497 e. The molecule has 124 valence electrons. The highest BCUT2D eigenvalue weighted by molar-refractivity contribution is 5.82. The standard InChI is InChI=1S/C18H24N2O3/c1-22-13-16-4-3-11-19(16)20-15(7-10-18(20)21)12-14-5-8-17(23-2)9-6-14/h5-6,8-9,12,16H,3-4,7,10-11,13H2,1-2H3/b15-12+. The first-order chi connectivity index (χ1) is 11.2. The summed E-state index contributed by atoms with van der Waals surface area (Å²) in [6, 6.07) is 8.21. The minimum absolute atomic E-state index is 0.188. The van der Waals surface area contributed by atoms with Crippen LogP contribution in [-0.2, 0) is 9.53 Å². The molecular formula is C18H24N2O3. The van der Waals surface area contributed by atoms with E-state index in [-0.39, 0.29) is 5.91 Å². The maximum atomic E-state index is 12.4. The van der Waals surface area contributed by atoms with Crippen molar-refractivity contribution in [3.8, 4) is 5.75 Å².